The summed E-state index contributed by atoms with van der Waals surface area (Å²) in [7, 11) is 0. The highest BCUT2D eigenvalue weighted by Crippen LogP contribution is 2.09. The Morgan fingerprint density at radius 3 is 2.80 bits per heavy atom. The topological polar surface area (TPSA) is 70.7 Å². The molecule has 0 spiro atoms. The van der Waals surface area contributed by atoms with Crippen molar-refractivity contribution in [2.45, 2.75) is 13.0 Å². The van der Waals surface area contributed by atoms with Crippen LogP contribution < -0.4 is 5.32 Å². The van der Waals surface area contributed by atoms with E-state index in [1.807, 2.05) is 42.5 Å². The first-order valence-electron chi connectivity index (χ1n) is 6.41. The number of rotatable bonds is 4. The summed E-state index contributed by atoms with van der Waals surface area (Å²) in [5.74, 6) is 0.685. The lowest BCUT2D eigenvalue weighted by Gasteiger charge is -2.02. The number of para-hydroxylation sites is 2. The number of hydrogen-bond donors (Lipinski definition) is 2. The summed E-state index contributed by atoms with van der Waals surface area (Å²) in [6, 6.07) is 13.3. The number of benzene rings is 1. The molecule has 0 bridgehead atoms. The summed E-state index contributed by atoms with van der Waals surface area (Å²) in [4.78, 5) is 23.5. The first-order chi connectivity index (χ1) is 9.81. The third kappa shape index (κ3) is 2.83. The number of carbonyl (C=O) groups excluding carboxylic acids is 1. The number of nitrogens with one attached hydrogen (secondary N) is 2. The van der Waals surface area contributed by atoms with Gasteiger partial charge in [-0.25, -0.2) is 4.98 Å². The molecule has 3 aromatic rings. The predicted molar refractivity (Wildman–Crippen MR) is 75.9 cm³/mol. The third-order valence-electron chi connectivity index (χ3n) is 2.96. The van der Waals surface area contributed by atoms with E-state index in [0.29, 0.717) is 6.54 Å². The van der Waals surface area contributed by atoms with Gasteiger partial charge >= 0.3 is 0 Å². The number of nitrogens with zero attached hydrogens (tertiary/aromatic N) is 2. The highest BCUT2D eigenvalue weighted by atomic mass is 16.1. The van der Waals surface area contributed by atoms with E-state index in [-0.39, 0.29) is 12.3 Å². The molecule has 2 aromatic heterocycles. The van der Waals surface area contributed by atoms with Gasteiger partial charge in [0.15, 0.2) is 0 Å². The molecule has 5 heteroatoms. The first kappa shape index (κ1) is 12.3. The Labute approximate surface area is 116 Å². The van der Waals surface area contributed by atoms with Crippen molar-refractivity contribution in [3.05, 3.63) is 60.2 Å². The second-order valence-electron chi connectivity index (χ2n) is 4.48. The normalized spacial score (nSPS) is 10.6. The van der Waals surface area contributed by atoms with Crippen LogP contribution in [0.3, 0.4) is 0 Å². The fraction of sp³-hybridized carbons (Fsp3) is 0.133. The molecule has 0 saturated carbocycles. The third-order valence-corrected chi connectivity index (χ3v) is 2.96. The molecule has 20 heavy (non-hydrogen) atoms. The molecule has 100 valence electrons. The molecule has 1 aromatic carbocycles. The monoisotopic (exact) mass is 266 g/mol. The van der Waals surface area contributed by atoms with E-state index < -0.39 is 0 Å². The lowest BCUT2D eigenvalue weighted by molar-refractivity contribution is -0.120. The number of hydrogen-bond acceptors (Lipinski definition) is 3. The van der Waals surface area contributed by atoms with Crippen LogP contribution in [0.2, 0.25) is 0 Å². The maximum Gasteiger partial charge on any atom is 0.226 e. The van der Waals surface area contributed by atoms with Crippen LogP contribution in [0, 0.1) is 0 Å². The SMILES string of the molecule is O=C(Cc1ccccn1)NCc1nc2ccccc2[nH]1. The van der Waals surface area contributed by atoms with Gasteiger partial charge in [-0.3, -0.25) is 9.78 Å². The minimum Gasteiger partial charge on any atom is -0.349 e. The van der Waals surface area contributed by atoms with Crippen LogP contribution in [0.4, 0.5) is 0 Å². The number of pyridine rings is 1. The van der Waals surface area contributed by atoms with Gasteiger partial charge in [0, 0.05) is 11.9 Å². The minimum absolute atomic E-state index is 0.0656. The van der Waals surface area contributed by atoms with Crippen molar-refractivity contribution >= 4 is 16.9 Å². The maximum absolute atomic E-state index is 11.8. The summed E-state index contributed by atoms with van der Waals surface area (Å²) < 4.78 is 0. The number of aromatic amines is 1. The molecule has 0 aliphatic carbocycles. The van der Waals surface area contributed by atoms with Gasteiger partial charge in [0.1, 0.15) is 5.82 Å². The highest BCUT2D eigenvalue weighted by Gasteiger charge is 2.06. The quantitative estimate of drug-likeness (QED) is 0.756. The van der Waals surface area contributed by atoms with Gasteiger partial charge in [-0.15, -0.1) is 0 Å². The zero-order chi connectivity index (χ0) is 13.8. The standard InChI is InChI=1S/C15H14N4O/c20-15(9-11-5-3-4-8-16-11)17-10-14-18-12-6-1-2-7-13(12)19-14/h1-8H,9-10H2,(H,17,20)(H,18,19). The highest BCUT2D eigenvalue weighted by molar-refractivity contribution is 5.78. The minimum atomic E-state index is -0.0656. The van der Waals surface area contributed by atoms with Gasteiger partial charge in [0.05, 0.1) is 24.0 Å². The maximum atomic E-state index is 11.8. The van der Waals surface area contributed by atoms with Crippen molar-refractivity contribution in [3.63, 3.8) is 0 Å². The van der Waals surface area contributed by atoms with Gasteiger partial charge in [0.25, 0.3) is 0 Å². The molecular formula is C15H14N4O. The molecule has 0 aliphatic heterocycles. The Kier molecular flexibility index (Phi) is 3.41. The molecule has 5 nitrogen and oxygen atoms in total. The van der Waals surface area contributed by atoms with Crippen LogP contribution >= 0.6 is 0 Å². The van der Waals surface area contributed by atoms with Crippen molar-refractivity contribution in [2.24, 2.45) is 0 Å². The predicted octanol–water partition coefficient (Wildman–Crippen LogP) is 1.82. The van der Waals surface area contributed by atoms with E-state index in [2.05, 4.69) is 20.3 Å². The van der Waals surface area contributed by atoms with E-state index in [1.54, 1.807) is 6.20 Å². The van der Waals surface area contributed by atoms with Gasteiger partial charge in [0.2, 0.25) is 5.91 Å². The first-order valence-corrected chi connectivity index (χ1v) is 6.41. The number of aromatic nitrogens is 3. The Morgan fingerprint density at radius 2 is 2.00 bits per heavy atom. The molecule has 0 aliphatic rings. The fourth-order valence-corrected chi connectivity index (χ4v) is 2.00. The van der Waals surface area contributed by atoms with Crippen molar-refractivity contribution in [1.29, 1.82) is 0 Å². The van der Waals surface area contributed by atoms with Crippen LogP contribution in [0.15, 0.2) is 48.7 Å². The lowest BCUT2D eigenvalue weighted by atomic mass is 10.2. The van der Waals surface area contributed by atoms with E-state index >= 15 is 0 Å². The Balaban J connectivity index is 1.60. The molecule has 3 rings (SSSR count). The second kappa shape index (κ2) is 5.52. The van der Waals surface area contributed by atoms with E-state index in [0.717, 1.165) is 22.6 Å². The van der Waals surface area contributed by atoms with Gasteiger partial charge in [-0.1, -0.05) is 18.2 Å². The largest absolute Gasteiger partial charge is 0.349 e. The molecule has 2 heterocycles. The molecular weight excluding hydrogens is 252 g/mol. The molecule has 0 fully saturated rings. The van der Waals surface area contributed by atoms with E-state index in [9.17, 15) is 4.79 Å². The van der Waals surface area contributed by atoms with Gasteiger partial charge in [-0.05, 0) is 24.3 Å². The second-order valence-corrected chi connectivity index (χ2v) is 4.48. The van der Waals surface area contributed by atoms with Crippen LogP contribution in [0.5, 0.6) is 0 Å². The number of H-pyrrole nitrogens is 1. The Bertz CT molecular complexity index is 688. The molecule has 0 unspecified atom stereocenters. The van der Waals surface area contributed by atoms with Crippen LogP contribution in [0.1, 0.15) is 11.5 Å². The van der Waals surface area contributed by atoms with Crippen LogP contribution in [-0.4, -0.2) is 20.9 Å². The van der Waals surface area contributed by atoms with Crippen molar-refractivity contribution in [3.8, 4) is 0 Å². The summed E-state index contributed by atoms with van der Waals surface area (Å²) in [5, 5.41) is 2.84. The smallest absolute Gasteiger partial charge is 0.226 e. The van der Waals surface area contributed by atoms with Gasteiger partial charge in [-0.2, -0.15) is 0 Å². The average Bonchev–Trinajstić information content (AvgIpc) is 2.89. The molecule has 0 radical (unpaired) electrons. The number of amides is 1. The zero-order valence-corrected chi connectivity index (χ0v) is 10.8. The Morgan fingerprint density at radius 1 is 1.15 bits per heavy atom. The lowest BCUT2D eigenvalue weighted by Crippen LogP contribution is -2.25. The molecule has 0 saturated heterocycles. The number of imidazole rings is 1. The average molecular weight is 266 g/mol. The van der Waals surface area contributed by atoms with Crippen molar-refractivity contribution in [2.75, 3.05) is 0 Å². The summed E-state index contributed by atoms with van der Waals surface area (Å²) in [6.07, 6.45) is 1.96. The molecule has 1 amide bonds. The fourth-order valence-electron chi connectivity index (χ4n) is 2.00. The Hall–Kier alpha value is -2.69. The summed E-state index contributed by atoms with van der Waals surface area (Å²) in [6.45, 7) is 0.389. The van der Waals surface area contributed by atoms with Crippen LogP contribution in [0.25, 0.3) is 11.0 Å². The summed E-state index contributed by atoms with van der Waals surface area (Å²) >= 11 is 0. The number of carbonyl (C=O) groups is 1. The van der Waals surface area contributed by atoms with Gasteiger partial charge < -0.3 is 10.3 Å². The zero-order valence-electron chi connectivity index (χ0n) is 10.8. The van der Waals surface area contributed by atoms with Crippen LogP contribution in [-0.2, 0) is 17.8 Å². The van der Waals surface area contributed by atoms with E-state index in [1.165, 1.54) is 0 Å². The van der Waals surface area contributed by atoms with Crippen molar-refractivity contribution < 1.29 is 4.79 Å². The molecule has 0 atom stereocenters. The summed E-state index contributed by atoms with van der Waals surface area (Å²) in [5.41, 5.74) is 2.64. The number of fused-ring (bicyclic) bond motifs is 1. The van der Waals surface area contributed by atoms with E-state index in [4.69, 9.17) is 0 Å². The van der Waals surface area contributed by atoms with Crippen molar-refractivity contribution in [1.82, 2.24) is 20.3 Å². The molecule has 2 N–H and O–H groups in total.